The van der Waals surface area contributed by atoms with Gasteiger partial charge in [-0.15, -0.1) is 0 Å². The average molecular weight is 480 g/mol. The van der Waals surface area contributed by atoms with Gasteiger partial charge in [0, 0.05) is 10.9 Å². The Balaban J connectivity index is 1.24. The summed E-state index contributed by atoms with van der Waals surface area (Å²) in [5, 5.41) is 2.79. The highest BCUT2D eigenvalue weighted by atomic mass is 79.9. The average Bonchev–Trinajstić information content (AvgIpc) is 2.68. The Morgan fingerprint density at radius 1 is 1.10 bits per heavy atom. The summed E-state index contributed by atoms with van der Waals surface area (Å²) in [6.45, 7) is 0.0880. The smallest absolute Gasteiger partial charge is 0.306 e. The molecule has 4 aliphatic carbocycles. The lowest BCUT2D eigenvalue weighted by Gasteiger charge is -2.60. The van der Waals surface area contributed by atoms with Crippen molar-refractivity contribution in [3.8, 4) is 11.5 Å². The lowest BCUT2D eigenvalue weighted by atomic mass is 9.49. The van der Waals surface area contributed by atoms with E-state index >= 15 is 0 Å². The number of rotatable bonds is 8. The number of carbonyl (C=O) groups is 2. The summed E-state index contributed by atoms with van der Waals surface area (Å²) in [6, 6.07) is 5.47. The number of alkyl halides is 1. The van der Waals surface area contributed by atoms with Crippen LogP contribution in [0.5, 0.6) is 11.5 Å². The van der Waals surface area contributed by atoms with Crippen LogP contribution in [0.4, 0.5) is 0 Å². The maximum Gasteiger partial charge on any atom is 0.306 e. The van der Waals surface area contributed by atoms with Crippen LogP contribution in [-0.4, -0.2) is 37.0 Å². The fourth-order valence-corrected chi connectivity index (χ4v) is 7.80. The van der Waals surface area contributed by atoms with E-state index < -0.39 is 0 Å². The lowest BCUT2D eigenvalue weighted by molar-refractivity contribution is -0.154. The van der Waals surface area contributed by atoms with Crippen molar-refractivity contribution in [3.05, 3.63) is 23.8 Å². The lowest BCUT2D eigenvalue weighted by Crippen LogP contribution is -2.53. The van der Waals surface area contributed by atoms with Crippen LogP contribution in [0.25, 0.3) is 0 Å². The standard InChI is InChI=1S/C23H30BrNO5/c1-28-18-4-3-15(6-19(18)29-2)12-25-20(26)13-30-21(27)11-22-7-16-5-17(8-22)10-23(24,9-16)14-22/h3-4,6,16-17H,5,7-14H2,1-2H3,(H,25,26). The van der Waals surface area contributed by atoms with Gasteiger partial charge in [0.2, 0.25) is 0 Å². The van der Waals surface area contributed by atoms with Gasteiger partial charge < -0.3 is 19.5 Å². The number of hydrogen-bond donors (Lipinski definition) is 1. The second-order valence-corrected chi connectivity index (χ2v) is 11.1. The van der Waals surface area contributed by atoms with Crippen LogP contribution in [0.1, 0.15) is 50.5 Å². The molecule has 6 nitrogen and oxygen atoms in total. The molecule has 0 aliphatic heterocycles. The zero-order chi connectivity index (χ0) is 21.4. The van der Waals surface area contributed by atoms with Crippen molar-refractivity contribution in [1.82, 2.24) is 5.32 Å². The van der Waals surface area contributed by atoms with Gasteiger partial charge in [-0.1, -0.05) is 22.0 Å². The molecule has 4 aliphatic rings. The van der Waals surface area contributed by atoms with Crippen molar-refractivity contribution >= 4 is 27.8 Å². The molecule has 4 bridgehead atoms. The predicted molar refractivity (Wildman–Crippen MR) is 116 cm³/mol. The van der Waals surface area contributed by atoms with Crippen LogP contribution in [0.15, 0.2) is 18.2 Å². The van der Waals surface area contributed by atoms with Gasteiger partial charge in [-0.3, -0.25) is 9.59 Å². The third-order valence-electron chi connectivity index (χ3n) is 6.93. The third-order valence-corrected chi connectivity index (χ3v) is 7.86. The Kier molecular flexibility index (Phi) is 6.02. The van der Waals surface area contributed by atoms with Gasteiger partial charge in [-0.25, -0.2) is 0 Å². The Morgan fingerprint density at radius 3 is 2.43 bits per heavy atom. The number of benzene rings is 1. The fraction of sp³-hybridized carbons (Fsp3) is 0.652. The topological polar surface area (TPSA) is 73.9 Å². The number of halogens is 1. The summed E-state index contributed by atoms with van der Waals surface area (Å²) < 4.78 is 16.0. The quantitative estimate of drug-likeness (QED) is 0.450. The second-order valence-electron chi connectivity index (χ2n) is 9.42. The molecule has 0 aromatic heterocycles. The second kappa shape index (κ2) is 8.40. The number of nitrogens with one attached hydrogen (secondary N) is 1. The van der Waals surface area contributed by atoms with E-state index in [1.807, 2.05) is 12.1 Å². The van der Waals surface area contributed by atoms with Crippen LogP contribution in [-0.2, 0) is 20.9 Å². The van der Waals surface area contributed by atoms with E-state index in [1.54, 1.807) is 20.3 Å². The molecule has 0 spiro atoms. The molecule has 0 saturated heterocycles. The van der Waals surface area contributed by atoms with Gasteiger partial charge >= 0.3 is 5.97 Å². The van der Waals surface area contributed by atoms with Gasteiger partial charge in [0.25, 0.3) is 5.91 Å². The van der Waals surface area contributed by atoms with Gasteiger partial charge in [0.05, 0.1) is 20.6 Å². The molecular weight excluding hydrogens is 450 g/mol. The number of hydrogen-bond acceptors (Lipinski definition) is 5. The van der Waals surface area contributed by atoms with Crippen LogP contribution in [0.2, 0.25) is 0 Å². The first-order valence-electron chi connectivity index (χ1n) is 10.6. The Bertz CT molecular complexity index is 812. The van der Waals surface area contributed by atoms with Crippen molar-refractivity contribution in [2.24, 2.45) is 17.3 Å². The summed E-state index contributed by atoms with van der Waals surface area (Å²) in [6.07, 6.45) is 7.50. The highest BCUT2D eigenvalue weighted by Gasteiger charge is 2.57. The summed E-state index contributed by atoms with van der Waals surface area (Å²) in [5.74, 6) is 2.13. The third kappa shape index (κ3) is 4.61. The van der Waals surface area contributed by atoms with E-state index in [-0.39, 0.29) is 28.2 Å². The number of carbonyl (C=O) groups excluding carboxylic acids is 2. The minimum absolute atomic E-state index is 0.0563. The summed E-state index contributed by atoms with van der Waals surface area (Å²) >= 11 is 3.97. The minimum Gasteiger partial charge on any atom is -0.493 e. The molecule has 1 aromatic carbocycles. The molecule has 0 heterocycles. The van der Waals surface area contributed by atoms with Gasteiger partial charge in [0.1, 0.15) is 0 Å². The number of esters is 1. The predicted octanol–water partition coefficient (Wildman–Crippen LogP) is 3.99. The first-order valence-corrected chi connectivity index (χ1v) is 11.4. The Hall–Kier alpha value is -1.76. The molecule has 7 heteroatoms. The van der Waals surface area contributed by atoms with E-state index in [2.05, 4.69) is 21.2 Å². The van der Waals surface area contributed by atoms with Gasteiger partial charge in [-0.05, 0) is 73.5 Å². The molecule has 30 heavy (non-hydrogen) atoms. The van der Waals surface area contributed by atoms with Crippen LogP contribution in [0.3, 0.4) is 0 Å². The number of methoxy groups -OCH3 is 2. The molecule has 5 rings (SSSR count). The van der Waals surface area contributed by atoms with Gasteiger partial charge in [-0.2, -0.15) is 0 Å². The fourth-order valence-electron chi connectivity index (χ4n) is 6.29. The molecule has 2 unspecified atom stereocenters. The highest BCUT2D eigenvalue weighted by Crippen LogP contribution is 2.65. The Morgan fingerprint density at radius 2 is 1.80 bits per heavy atom. The molecule has 2 atom stereocenters. The normalized spacial score (nSPS) is 31.3. The zero-order valence-corrected chi connectivity index (χ0v) is 19.3. The minimum atomic E-state index is -0.305. The summed E-state index contributed by atoms with van der Waals surface area (Å²) in [7, 11) is 3.15. The van der Waals surface area contributed by atoms with E-state index in [4.69, 9.17) is 14.2 Å². The largest absolute Gasteiger partial charge is 0.493 e. The van der Waals surface area contributed by atoms with Crippen LogP contribution >= 0.6 is 15.9 Å². The van der Waals surface area contributed by atoms with Gasteiger partial charge in [0.15, 0.2) is 18.1 Å². The summed E-state index contributed by atoms with van der Waals surface area (Å²) in [4.78, 5) is 24.7. The molecule has 4 fully saturated rings. The molecule has 1 aromatic rings. The maximum atomic E-state index is 12.5. The van der Waals surface area contributed by atoms with Crippen LogP contribution < -0.4 is 14.8 Å². The number of ether oxygens (including phenoxy) is 3. The van der Waals surface area contributed by atoms with Crippen molar-refractivity contribution in [2.45, 2.75) is 55.8 Å². The van der Waals surface area contributed by atoms with Crippen molar-refractivity contribution in [1.29, 1.82) is 0 Å². The Labute approximate surface area is 186 Å². The SMILES string of the molecule is COc1ccc(CNC(=O)COC(=O)CC23CC4CC(CC(Br)(C4)C2)C3)cc1OC. The van der Waals surface area contributed by atoms with E-state index in [0.29, 0.717) is 24.5 Å². The molecule has 1 N–H and O–H groups in total. The number of amides is 1. The van der Waals surface area contributed by atoms with E-state index in [9.17, 15) is 9.59 Å². The first-order chi connectivity index (χ1) is 14.3. The van der Waals surface area contributed by atoms with Crippen LogP contribution in [0, 0.1) is 17.3 Å². The van der Waals surface area contributed by atoms with E-state index in [1.165, 1.54) is 19.3 Å². The molecule has 4 saturated carbocycles. The highest BCUT2D eigenvalue weighted by molar-refractivity contribution is 9.10. The first kappa shape index (κ1) is 21.5. The molecule has 164 valence electrons. The summed E-state index contributed by atoms with van der Waals surface area (Å²) in [5.41, 5.74) is 0.935. The van der Waals surface area contributed by atoms with Crippen molar-refractivity contribution in [3.63, 3.8) is 0 Å². The van der Waals surface area contributed by atoms with E-state index in [0.717, 1.165) is 36.7 Å². The monoisotopic (exact) mass is 479 g/mol. The zero-order valence-electron chi connectivity index (χ0n) is 17.7. The molecular formula is C23H30BrNO5. The van der Waals surface area contributed by atoms with Crippen molar-refractivity contribution in [2.75, 3.05) is 20.8 Å². The molecule has 1 amide bonds. The molecule has 0 radical (unpaired) electrons. The van der Waals surface area contributed by atoms with Crippen molar-refractivity contribution < 1.29 is 23.8 Å². The maximum absolute atomic E-state index is 12.5.